The summed E-state index contributed by atoms with van der Waals surface area (Å²) in [6.45, 7) is 8.82. The summed E-state index contributed by atoms with van der Waals surface area (Å²) in [6.07, 6.45) is 3.27. The van der Waals surface area contributed by atoms with E-state index in [-0.39, 0.29) is 18.6 Å². The summed E-state index contributed by atoms with van der Waals surface area (Å²) in [6, 6.07) is 0. The van der Waals surface area contributed by atoms with Gasteiger partial charge in [0.25, 0.3) is 0 Å². The normalized spacial score (nSPS) is 46.5. The molecule has 2 N–H and O–H groups in total. The van der Waals surface area contributed by atoms with Gasteiger partial charge in [0.2, 0.25) is 5.60 Å². The van der Waals surface area contributed by atoms with E-state index in [1.165, 1.54) is 12.2 Å². The van der Waals surface area contributed by atoms with Crippen molar-refractivity contribution in [3.05, 3.63) is 23.3 Å². The van der Waals surface area contributed by atoms with Gasteiger partial charge in [0.15, 0.2) is 11.5 Å². The maximum absolute atomic E-state index is 17.4. The van der Waals surface area contributed by atoms with Crippen LogP contribution in [0.4, 0.5) is 4.39 Å². The fourth-order valence-electron chi connectivity index (χ4n) is 8.06. The number of rotatable bonds is 4. The first kappa shape index (κ1) is 24.1. The number of aliphatic hydroxyl groups excluding tert-OH is 1. The van der Waals surface area contributed by atoms with Crippen molar-refractivity contribution < 1.29 is 33.7 Å². The predicted molar refractivity (Wildman–Crippen MR) is 119 cm³/mol. The number of fused-ring (bicyclic) bond motifs is 5. The molecule has 6 nitrogen and oxygen atoms in total. The Kier molecular flexibility index (Phi) is 5.47. The van der Waals surface area contributed by atoms with Crippen LogP contribution >= 0.6 is 0 Å². The second-order valence-electron chi connectivity index (χ2n) is 11.1. The lowest BCUT2D eigenvalue weighted by Gasteiger charge is -2.63. The quantitative estimate of drug-likeness (QED) is 0.609. The Morgan fingerprint density at radius 1 is 1.24 bits per heavy atom. The molecule has 0 bridgehead atoms. The Balaban J connectivity index is 1.84. The number of allylic oxidation sites excluding steroid dienone is 4. The van der Waals surface area contributed by atoms with Crippen LogP contribution in [-0.4, -0.2) is 45.3 Å². The van der Waals surface area contributed by atoms with Gasteiger partial charge in [0, 0.05) is 29.1 Å². The Morgan fingerprint density at radius 2 is 1.91 bits per heavy atom. The van der Waals surface area contributed by atoms with Crippen molar-refractivity contribution >= 4 is 17.7 Å². The standard InChI is InChI=1S/C26H35FO6/c1-6-7-21(30)33-26(22(31)32)15(3)11-19-18-9-8-16-12-17(28)10-14(2)24(16,5)25(18,27)20(29)13-23(19,26)4/h10,12,15,18-20,29H,6-9,11,13H2,1-5H3,(H,31,32)/t15-,18?,19?,20-,23?,24?,25-,26-/m0/s1. The summed E-state index contributed by atoms with van der Waals surface area (Å²) in [4.78, 5) is 37.5. The summed E-state index contributed by atoms with van der Waals surface area (Å²) < 4.78 is 23.2. The topological polar surface area (TPSA) is 101 Å². The number of carbonyl (C=O) groups excluding carboxylic acids is 2. The van der Waals surface area contributed by atoms with Crippen LogP contribution in [0.2, 0.25) is 0 Å². The Morgan fingerprint density at radius 3 is 2.52 bits per heavy atom. The van der Waals surface area contributed by atoms with Crippen LogP contribution in [0, 0.1) is 28.6 Å². The third-order valence-corrected chi connectivity index (χ3v) is 9.74. The van der Waals surface area contributed by atoms with E-state index in [1.807, 2.05) is 6.92 Å². The number of halogens is 1. The minimum atomic E-state index is -2.05. The highest BCUT2D eigenvalue weighted by molar-refractivity contribution is 6.02. The zero-order chi connectivity index (χ0) is 24.6. The van der Waals surface area contributed by atoms with Gasteiger partial charge in [-0.15, -0.1) is 0 Å². The largest absolute Gasteiger partial charge is 0.478 e. The van der Waals surface area contributed by atoms with Gasteiger partial charge in [-0.1, -0.05) is 31.9 Å². The van der Waals surface area contributed by atoms with Crippen LogP contribution in [0.3, 0.4) is 0 Å². The number of carboxylic acids is 1. The zero-order valence-corrected chi connectivity index (χ0v) is 20.1. The van der Waals surface area contributed by atoms with Gasteiger partial charge in [-0.2, -0.15) is 0 Å². The van der Waals surface area contributed by atoms with Crippen molar-refractivity contribution in [2.24, 2.45) is 28.6 Å². The van der Waals surface area contributed by atoms with Gasteiger partial charge in [-0.25, -0.2) is 9.18 Å². The molecule has 0 aromatic heterocycles. The Hall–Kier alpha value is -2.02. The highest BCUT2D eigenvalue weighted by atomic mass is 19.1. The van der Waals surface area contributed by atoms with Crippen molar-refractivity contribution in [2.75, 3.05) is 0 Å². The molecule has 182 valence electrons. The number of carbonyl (C=O) groups is 3. The Bertz CT molecular complexity index is 970. The van der Waals surface area contributed by atoms with Gasteiger partial charge in [-0.05, 0) is 64.0 Å². The van der Waals surface area contributed by atoms with Crippen molar-refractivity contribution in [1.29, 1.82) is 0 Å². The number of aliphatic hydroxyl groups is 1. The second kappa shape index (κ2) is 7.49. The molecule has 0 aromatic rings. The predicted octanol–water partition coefficient (Wildman–Crippen LogP) is 4.16. The number of hydrogen-bond acceptors (Lipinski definition) is 5. The second-order valence-corrected chi connectivity index (χ2v) is 11.1. The van der Waals surface area contributed by atoms with Crippen molar-refractivity contribution in [3.63, 3.8) is 0 Å². The highest BCUT2D eigenvalue weighted by Gasteiger charge is 2.78. The minimum Gasteiger partial charge on any atom is -0.478 e. The SMILES string of the molecule is CCCC(=O)O[C@]1(C(=O)O)[C@@H](C)CC2C3CCC4=CC(=O)C=C(C)C4(C)[C@@]3(F)[C@@H](O)CC21C. The summed E-state index contributed by atoms with van der Waals surface area (Å²) in [5.74, 6) is -3.53. The molecule has 0 spiro atoms. The molecule has 3 fully saturated rings. The Labute approximate surface area is 194 Å². The highest BCUT2D eigenvalue weighted by Crippen LogP contribution is 2.72. The first-order valence-corrected chi connectivity index (χ1v) is 12.1. The van der Waals surface area contributed by atoms with Gasteiger partial charge >= 0.3 is 11.9 Å². The first-order valence-electron chi connectivity index (χ1n) is 12.1. The van der Waals surface area contributed by atoms with Crippen LogP contribution < -0.4 is 0 Å². The van der Waals surface area contributed by atoms with E-state index in [0.29, 0.717) is 36.8 Å². The molecule has 0 heterocycles. The average molecular weight is 463 g/mol. The maximum atomic E-state index is 17.4. The van der Waals surface area contributed by atoms with E-state index < -0.39 is 57.9 Å². The molecule has 33 heavy (non-hydrogen) atoms. The average Bonchev–Trinajstić information content (AvgIpc) is 2.92. The molecule has 0 saturated heterocycles. The van der Waals surface area contributed by atoms with Gasteiger partial charge < -0.3 is 14.9 Å². The van der Waals surface area contributed by atoms with Crippen LogP contribution in [-0.2, 0) is 19.1 Å². The molecule has 0 aromatic carbocycles. The number of hydrogen-bond donors (Lipinski definition) is 2. The number of alkyl halides is 1. The van der Waals surface area contributed by atoms with Crippen molar-refractivity contribution in [2.45, 2.75) is 90.5 Å². The number of ether oxygens (including phenoxy) is 1. The van der Waals surface area contributed by atoms with Crippen LogP contribution in [0.15, 0.2) is 23.3 Å². The number of carboxylic acid groups (broad SMARTS) is 1. The number of ketones is 1. The molecule has 8 atom stereocenters. The minimum absolute atomic E-state index is 0.103. The molecular formula is C26H35FO6. The fourth-order valence-corrected chi connectivity index (χ4v) is 8.06. The molecule has 4 rings (SSSR count). The maximum Gasteiger partial charge on any atom is 0.349 e. The van der Waals surface area contributed by atoms with E-state index in [4.69, 9.17) is 4.74 Å². The van der Waals surface area contributed by atoms with E-state index in [1.54, 1.807) is 27.7 Å². The lowest BCUT2D eigenvalue weighted by atomic mass is 9.43. The van der Waals surface area contributed by atoms with E-state index in [9.17, 15) is 24.6 Å². The van der Waals surface area contributed by atoms with E-state index in [2.05, 4.69) is 0 Å². The molecule has 4 aliphatic carbocycles. The van der Waals surface area contributed by atoms with Crippen molar-refractivity contribution in [1.82, 2.24) is 0 Å². The van der Waals surface area contributed by atoms with Crippen LogP contribution in [0.1, 0.15) is 73.1 Å². The molecule has 3 saturated carbocycles. The molecule has 4 unspecified atom stereocenters. The fraction of sp³-hybridized carbons (Fsp3) is 0.731. The van der Waals surface area contributed by atoms with Gasteiger partial charge in [-0.3, -0.25) is 9.59 Å². The number of esters is 1. The van der Waals surface area contributed by atoms with Crippen LogP contribution in [0.5, 0.6) is 0 Å². The first-order chi connectivity index (χ1) is 15.3. The smallest absolute Gasteiger partial charge is 0.349 e. The molecular weight excluding hydrogens is 427 g/mol. The van der Waals surface area contributed by atoms with E-state index in [0.717, 1.165) is 0 Å². The summed E-state index contributed by atoms with van der Waals surface area (Å²) in [7, 11) is 0. The third-order valence-electron chi connectivity index (χ3n) is 9.74. The van der Waals surface area contributed by atoms with Crippen molar-refractivity contribution in [3.8, 4) is 0 Å². The zero-order valence-electron chi connectivity index (χ0n) is 20.1. The third kappa shape index (κ3) is 2.77. The molecule has 4 aliphatic rings. The van der Waals surface area contributed by atoms with Gasteiger partial charge in [0.05, 0.1) is 6.10 Å². The van der Waals surface area contributed by atoms with Gasteiger partial charge in [0.1, 0.15) is 0 Å². The molecule has 0 radical (unpaired) electrons. The molecule has 0 amide bonds. The summed E-state index contributed by atoms with van der Waals surface area (Å²) in [5, 5.41) is 21.9. The summed E-state index contributed by atoms with van der Waals surface area (Å²) >= 11 is 0. The monoisotopic (exact) mass is 462 g/mol. The van der Waals surface area contributed by atoms with E-state index >= 15 is 4.39 Å². The lowest BCUT2D eigenvalue weighted by molar-refractivity contribution is -0.235. The van der Waals surface area contributed by atoms with Crippen LogP contribution in [0.25, 0.3) is 0 Å². The summed E-state index contributed by atoms with van der Waals surface area (Å²) in [5.41, 5.74) is -4.85. The molecule has 0 aliphatic heterocycles. The molecule has 7 heteroatoms. The number of aliphatic carboxylic acids is 1. The lowest BCUT2D eigenvalue weighted by Crippen LogP contribution is -2.70.